The number of nitrogens with one attached hydrogen (secondary N) is 2. The third kappa shape index (κ3) is 3.63. The highest BCUT2D eigenvalue weighted by atomic mass is 35.5. The van der Waals surface area contributed by atoms with Crippen molar-refractivity contribution in [1.82, 2.24) is 5.32 Å². The predicted molar refractivity (Wildman–Crippen MR) is 96.4 cm³/mol. The molecule has 1 aromatic rings. The zero-order valence-corrected chi connectivity index (χ0v) is 13.8. The Bertz CT molecular complexity index is 699. The van der Waals surface area contributed by atoms with Crippen molar-refractivity contribution in [2.24, 2.45) is 21.5 Å². The molecule has 0 bridgehead atoms. The monoisotopic (exact) mass is 350 g/mol. The number of carbonyl (C=O) groups is 1. The van der Waals surface area contributed by atoms with E-state index in [1.165, 1.54) is 4.90 Å². The standard InChI is InChI=1S/C14H19ClN8O/c1-2-20-14(19)22-13(24)9-11(17)23(12(18)10(15)21-9)8-5-3-7(16)4-6-8/h3-6,10-11,18H,2,16-17H2,1H3,(H3,19,20,22,24). The molecular formula is C14H19ClN8O. The van der Waals surface area contributed by atoms with Gasteiger partial charge >= 0.3 is 0 Å². The lowest BCUT2D eigenvalue weighted by atomic mass is 10.1. The van der Waals surface area contributed by atoms with Crippen LogP contribution in [-0.4, -0.2) is 41.6 Å². The first-order valence-electron chi connectivity index (χ1n) is 7.17. The molecule has 2 rings (SSSR count). The predicted octanol–water partition coefficient (Wildman–Crippen LogP) is -0.192. The zero-order valence-electron chi connectivity index (χ0n) is 13.0. The lowest BCUT2D eigenvalue weighted by molar-refractivity contribution is -0.113. The fourth-order valence-corrected chi connectivity index (χ4v) is 2.37. The van der Waals surface area contributed by atoms with Gasteiger partial charge in [0.15, 0.2) is 11.5 Å². The normalized spacial score (nSPS) is 21.5. The summed E-state index contributed by atoms with van der Waals surface area (Å²) >= 11 is 6.07. The van der Waals surface area contributed by atoms with Gasteiger partial charge in [0.05, 0.1) is 0 Å². The second-order valence-electron chi connectivity index (χ2n) is 4.96. The molecule has 2 atom stereocenters. The highest BCUT2D eigenvalue weighted by molar-refractivity contribution is 6.47. The van der Waals surface area contributed by atoms with Crippen LogP contribution in [0.3, 0.4) is 0 Å². The van der Waals surface area contributed by atoms with Gasteiger partial charge in [0.2, 0.25) is 0 Å². The largest absolute Gasteiger partial charge is 0.399 e. The minimum atomic E-state index is -1.05. The van der Waals surface area contributed by atoms with Crippen molar-refractivity contribution >= 4 is 46.4 Å². The van der Waals surface area contributed by atoms with Gasteiger partial charge in [0.1, 0.15) is 17.7 Å². The summed E-state index contributed by atoms with van der Waals surface area (Å²) < 4.78 is 0. The zero-order chi connectivity index (χ0) is 17.9. The molecule has 128 valence electrons. The number of carbonyl (C=O) groups excluding carboxylic acids is 1. The van der Waals surface area contributed by atoms with Crippen LogP contribution in [0.4, 0.5) is 11.4 Å². The van der Waals surface area contributed by atoms with E-state index in [1.807, 2.05) is 0 Å². The summed E-state index contributed by atoms with van der Waals surface area (Å²) in [6.45, 7) is 2.20. The second kappa shape index (κ2) is 7.28. The molecule has 10 heteroatoms. The van der Waals surface area contributed by atoms with E-state index in [9.17, 15) is 4.79 Å². The number of anilines is 2. The Hall–Kier alpha value is -2.65. The highest BCUT2D eigenvalue weighted by Crippen LogP contribution is 2.24. The Labute approximate surface area is 144 Å². The second-order valence-corrected chi connectivity index (χ2v) is 5.37. The minimum absolute atomic E-state index is 0.0387. The molecule has 24 heavy (non-hydrogen) atoms. The number of alkyl halides is 1. The van der Waals surface area contributed by atoms with Gasteiger partial charge in [0.25, 0.3) is 5.91 Å². The minimum Gasteiger partial charge on any atom is -0.399 e. The average Bonchev–Trinajstić information content (AvgIpc) is 2.53. The Morgan fingerprint density at radius 3 is 2.67 bits per heavy atom. The number of aliphatic imine (C=N–C) groups is 2. The van der Waals surface area contributed by atoms with Crippen molar-refractivity contribution < 1.29 is 4.79 Å². The Kier molecular flexibility index (Phi) is 5.37. The maximum absolute atomic E-state index is 12.3. The molecule has 0 spiro atoms. The Morgan fingerprint density at radius 1 is 1.46 bits per heavy atom. The molecular weight excluding hydrogens is 332 g/mol. The van der Waals surface area contributed by atoms with Crippen LogP contribution in [0.1, 0.15) is 6.92 Å². The third-order valence-electron chi connectivity index (χ3n) is 3.27. The van der Waals surface area contributed by atoms with Gasteiger partial charge in [-0.05, 0) is 31.2 Å². The Balaban J connectivity index is 2.32. The third-order valence-corrected chi connectivity index (χ3v) is 3.57. The molecule has 8 N–H and O–H groups in total. The number of nitrogen functional groups attached to an aromatic ring is 1. The number of amidine groups is 1. The van der Waals surface area contributed by atoms with Crippen molar-refractivity contribution in [3.63, 3.8) is 0 Å². The van der Waals surface area contributed by atoms with Gasteiger partial charge in [-0.15, -0.1) is 0 Å². The van der Waals surface area contributed by atoms with Gasteiger partial charge in [-0.2, -0.15) is 0 Å². The summed E-state index contributed by atoms with van der Waals surface area (Å²) in [6.07, 6.45) is -0.995. The summed E-state index contributed by atoms with van der Waals surface area (Å²) in [7, 11) is 0. The number of guanidine groups is 1. The molecule has 1 amide bonds. The van der Waals surface area contributed by atoms with Crippen LogP contribution in [0.15, 0.2) is 34.3 Å². The molecule has 2 unspecified atom stereocenters. The fourth-order valence-electron chi connectivity index (χ4n) is 2.16. The maximum atomic E-state index is 12.3. The first-order chi connectivity index (χ1) is 11.3. The maximum Gasteiger partial charge on any atom is 0.275 e. The number of hydrogen-bond donors (Lipinski definition) is 5. The number of hydrogen-bond acceptors (Lipinski definition) is 6. The van der Waals surface area contributed by atoms with Crippen LogP contribution < -0.4 is 27.4 Å². The number of rotatable bonds is 3. The number of benzene rings is 1. The van der Waals surface area contributed by atoms with Crippen LogP contribution in [0.2, 0.25) is 0 Å². The van der Waals surface area contributed by atoms with Gasteiger partial charge in [-0.3, -0.25) is 25.5 Å². The molecule has 1 aliphatic rings. The van der Waals surface area contributed by atoms with E-state index < -0.39 is 17.6 Å². The van der Waals surface area contributed by atoms with Crippen LogP contribution in [0, 0.1) is 5.41 Å². The van der Waals surface area contributed by atoms with Crippen LogP contribution in [-0.2, 0) is 4.79 Å². The lowest BCUT2D eigenvalue weighted by Gasteiger charge is -2.36. The first kappa shape index (κ1) is 17.7. The summed E-state index contributed by atoms with van der Waals surface area (Å²) in [5.41, 5.74) is 17.4. The summed E-state index contributed by atoms with van der Waals surface area (Å²) in [5.74, 6) is -0.695. The molecule has 1 aromatic carbocycles. The number of nitrogens with two attached hydrogens (primary N) is 3. The van der Waals surface area contributed by atoms with Crippen molar-refractivity contribution in [2.45, 2.75) is 18.6 Å². The summed E-state index contributed by atoms with van der Waals surface area (Å²) in [6, 6.07) is 6.69. The quantitative estimate of drug-likeness (QED) is 0.168. The topological polar surface area (TPSA) is 159 Å². The van der Waals surface area contributed by atoms with Crippen molar-refractivity contribution in [3.8, 4) is 0 Å². The molecule has 0 fully saturated rings. The van der Waals surface area contributed by atoms with E-state index >= 15 is 0 Å². The van der Waals surface area contributed by atoms with Gasteiger partial charge in [-0.1, -0.05) is 11.6 Å². The van der Waals surface area contributed by atoms with E-state index in [0.717, 1.165) is 0 Å². The number of amides is 1. The molecule has 0 aliphatic carbocycles. The number of nitrogens with zero attached hydrogens (tertiary/aromatic N) is 3. The molecule has 0 saturated heterocycles. The van der Waals surface area contributed by atoms with E-state index in [4.69, 9.17) is 34.2 Å². The Morgan fingerprint density at radius 2 is 2.08 bits per heavy atom. The van der Waals surface area contributed by atoms with Gasteiger partial charge in [-0.25, -0.2) is 0 Å². The lowest BCUT2D eigenvalue weighted by Crippen LogP contribution is -2.61. The smallest absolute Gasteiger partial charge is 0.275 e. The van der Waals surface area contributed by atoms with Crippen molar-refractivity contribution in [3.05, 3.63) is 24.3 Å². The SMILES string of the molecule is CCN=C(N)NC(=O)C1=NC(Cl)C(=N)N(c2ccc(N)cc2)C1N. The highest BCUT2D eigenvalue weighted by Gasteiger charge is 2.36. The van der Waals surface area contributed by atoms with E-state index in [2.05, 4.69) is 15.3 Å². The molecule has 1 heterocycles. The van der Waals surface area contributed by atoms with Gasteiger partial charge in [0, 0.05) is 17.9 Å². The van der Waals surface area contributed by atoms with E-state index in [0.29, 0.717) is 17.9 Å². The summed E-state index contributed by atoms with van der Waals surface area (Å²) in [4.78, 5) is 21.6. The molecule has 0 saturated carbocycles. The van der Waals surface area contributed by atoms with Crippen LogP contribution >= 0.6 is 11.6 Å². The molecule has 9 nitrogen and oxygen atoms in total. The van der Waals surface area contributed by atoms with E-state index in [-0.39, 0.29) is 17.5 Å². The van der Waals surface area contributed by atoms with Crippen molar-refractivity contribution in [1.29, 1.82) is 5.41 Å². The molecule has 0 aromatic heterocycles. The summed E-state index contributed by atoms with van der Waals surface area (Å²) in [5, 5.41) is 10.5. The van der Waals surface area contributed by atoms with Crippen molar-refractivity contribution in [2.75, 3.05) is 17.2 Å². The van der Waals surface area contributed by atoms with Gasteiger partial charge < -0.3 is 22.1 Å². The fraction of sp³-hybridized carbons (Fsp3) is 0.286. The number of halogens is 1. The van der Waals surface area contributed by atoms with Crippen LogP contribution in [0.5, 0.6) is 0 Å². The molecule has 1 aliphatic heterocycles. The first-order valence-corrected chi connectivity index (χ1v) is 7.60. The molecule has 0 radical (unpaired) electrons. The van der Waals surface area contributed by atoms with E-state index in [1.54, 1.807) is 31.2 Å². The van der Waals surface area contributed by atoms with Crippen LogP contribution in [0.25, 0.3) is 0 Å². The average molecular weight is 351 g/mol.